The van der Waals surface area contributed by atoms with E-state index in [2.05, 4.69) is 47.4 Å². The summed E-state index contributed by atoms with van der Waals surface area (Å²) in [5, 5.41) is 13.9. The summed E-state index contributed by atoms with van der Waals surface area (Å²) >= 11 is 5.91. The highest BCUT2D eigenvalue weighted by atomic mass is 35.5. The van der Waals surface area contributed by atoms with Crippen molar-refractivity contribution in [3.8, 4) is 0 Å². The van der Waals surface area contributed by atoms with Gasteiger partial charge in [-0.3, -0.25) is 4.90 Å². The van der Waals surface area contributed by atoms with Gasteiger partial charge in [-0.1, -0.05) is 60.1 Å². The van der Waals surface area contributed by atoms with Gasteiger partial charge in [0.25, 0.3) is 0 Å². The molecule has 3 aromatic carbocycles. The van der Waals surface area contributed by atoms with E-state index in [1.165, 1.54) is 16.3 Å². The third-order valence-electron chi connectivity index (χ3n) is 4.57. The fraction of sp³-hybridized carbons (Fsp3) is 0.200. The van der Waals surface area contributed by atoms with E-state index in [-0.39, 0.29) is 0 Å². The zero-order valence-corrected chi connectivity index (χ0v) is 13.5. The summed E-state index contributed by atoms with van der Waals surface area (Å²) < 4.78 is 0. The summed E-state index contributed by atoms with van der Waals surface area (Å²) in [7, 11) is 0. The van der Waals surface area contributed by atoms with Crippen molar-refractivity contribution < 1.29 is 5.11 Å². The van der Waals surface area contributed by atoms with Crippen molar-refractivity contribution in [1.82, 2.24) is 4.90 Å². The minimum atomic E-state index is -0.749. The van der Waals surface area contributed by atoms with Crippen LogP contribution in [0.3, 0.4) is 0 Å². The summed E-state index contributed by atoms with van der Waals surface area (Å²) in [4.78, 5) is 2.26. The molecular formula is C20H18ClNO. The first kappa shape index (κ1) is 14.7. The molecule has 0 unspecified atom stereocenters. The average molecular weight is 324 g/mol. The Morgan fingerprint density at radius 3 is 2.35 bits per heavy atom. The summed E-state index contributed by atoms with van der Waals surface area (Å²) in [6.07, 6.45) is 0. The third kappa shape index (κ3) is 2.86. The molecule has 1 heterocycles. The van der Waals surface area contributed by atoms with Gasteiger partial charge in [0, 0.05) is 24.7 Å². The van der Waals surface area contributed by atoms with Crippen LogP contribution in [0.1, 0.15) is 11.1 Å². The van der Waals surface area contributed by atoms with Gasteiger partial charge in [0.1, 0.15) is 5.60 Å². The van der Waals surface area contributed by atoms with Gasteiger partial charge in [0.2, 0.25) is 0 Å². The lowest BCUT2D eigenvalue weighted by Crippen LogP contribution is -2.58. The number of aliphatic hydroxyl groups is 1. The number of hydrogen-bond donors (Lipinski definition) is 1. The lowest BCUT2D eigenvalue weighted by atomic mass is 9.86. The van der Waals surface area contributed by atoms with Crippen LogP contribution in [0.4, 0.5) is 0 Å². The molecule has 23 heavy (non-hydrogen) atoms. The van der Waals surface area contributed by atoms with Crippen LogP contribution >= 0.6 is 11.6 Å². The van der Waals surface area contributed by atoms with Gasteiger partial charge >= 0.3 is 0 Å². The van der Waals surface area contributed by atoms with E-state index in [1.54, 1.807) is 0 Å². The number of nitrogens with zero attached hydrogens (tertiary/aromatic N) is 1. The molecule has 3 heteroatoms. The van der Waals surface area contributed by atoms with Crippen LogP contribution in [0.2, 0.25) is 5.02 Å². The number of β-amino-alcohol motifs (C(OH)–C–C–N with tert-alkyl or cyclic N) is 1. The largest absolute Gasteiger partial charge is 0.382 e. The van der Waals surface area contributed by atoms with E-state index >= 15 is 0 Å². The fourth-order valence-electron chi connectivity index (χ4n) is 3.34. The van der Waals surface area contributed by atoms with Crippen LogP contribution in [0.5, 0.6) is 0 Å². The van der Waals surface area contributed by atoms with Crippen molar-refractivity contribution >= 4 is 22.4 Å². The molecule has 1 saturated heterocycles. The molecule has 116 valence electrons. The minimum absolute atomic E-state index is 0.654. The molecule has 2 nitrogen and oxygen atoms in total. The first-order valence-corrected chi connectivity index (χ1v) is 8.19. The Bertz CT molecular complexity index is 838. The second-order valence-corrected chi connectivity index (χ2v) is 6.80. The number of fused-ring (bicyclic) bond motifs is 1. The molecule has 0 saturated carbocycles. The molecule has 1 aliphatic heterocycles. The van der Waals surface area contributed by atoms with Crippen LogP contribution in [-0.2, 0) is 12.1 Å². The zero-order valence-electron chi connectivity index (χ0n) is 12.7. The smallest absolute Gasteiger partial charge is 0.115 e. The summed E-state index contributed by atoms with van der Waals surface area (Å²) in [6, 6.07) is 22.4. The van der Waals surface area contributed by atoms with Crippen molar-refractivity contribution in [2.24, 2.45) is 0 Å². The summed E-state index contributed by atoms with van der Waals surface area (Å²) in [5.41, 5.74) is 1.47. The Morgan fingerprint density at radius 1 is 0.913 bits per heavy atom. The maximum absolute atomic E-state index is 10.7. The molecule has 1 fully saturated rings. The van der Waals surface area contributed by atoms with Crippen LogP contribution in [0, 0.1) is 0 Å². The first-order chi connectivity index (χ1) is 11.1. The third-order valence-corrected chi connectivity index (χ3v) is 4.82. The fourth-order valence-corrected chi connectivity index (χ4v) is 3.47. The molecule has 1 aliphatic rings. The Kier molecular flexibility index (Phi) is 3.61. The predicted molar refractivity (Wildman–Crippen MR) is 94.6 cm³/mol. The van der Waals surface area contributed by atoms with Crippen molar-refractivity contribution in [2.45, 2.75) is 12.1 Å². The highest BCUT2D eigenvalue weighted by Crippen LogP contribution is 2.33. The maximum atomic E-state index is 10.7. The van der Waals surface area contributed by atoms with Crippen molar-refractivity contribution in [3.05, 3.63) is 82.9 Å². The number of rotatable bonds is 3. The summed E-state index contributed by atoms with van der Waals surface area (Å²) in [6.45, 7) is 2.17. The number of likely N-dealkylation sites (tertiary alicyclic amines) is 1. The zero-order chi connectivity index (χ0) is 15.9. The van der Waals surface area contributed by atoms with Crippen LogP contribution in [0.15, 0.2) is 66.7 Å². The second-order valence-electron chi connectivity index (χ2n) is 6.37. The van der Waals surface area contributed by atoms with Crippen LogP contribution in [0.25, 0.3) is 10.8 Å². The number of halogens is 1. The molecule has 1 N–H and O–H groups in total. The van der Waals surface area contributed by atoms with Gasteiger partial charge in [-0.05, 0) is 40.1 Å². The topological polar surface area (TPSA) is 23.5 Å². The molecule has 0 radical (unpaired) electrons. The lowest BCUT2D eigenvalue weighted by molar-refractivity contribution is -0.107. The van der Waals surface area contributed by atoms with E-state index in [4.69, 9.17) is 11.6 Å². The van der Waals surface area contributed by atoms with E-state index in [1.807, 2.05) is 24.3 Å². The molecule has 0 bridgehead atoms. The highest BCUT2D eigenvalue weighted by Gasteiger charge is 2.42. The number of hydrogen-bond acceptors (Lipinski definition) is 2. The molecule has 3 aromatic rings. The van der Waals surface area contributed by atoms with Crippen molar-refractivity contribution in [2.75, 3.05) is 13.1 Å². The SMILES string of the molecule is OC1(c2ccc(Cl)cc2)CN(Cc2ccc3ccccc3c2)C1. The second kappa shape index (κ2) is 5.64. The quantitative estimate of drug-likeness (QED) is 0.781. The molecule has 0 atom stereocenters. The van der Waals surface area contributed by atoms with Gasteiger partial charge in [-0.25, -0.2) is 0 Å². The van der Waals surface area contributed by atoms with Crippen molar-refractivity contribution in [3.63, 3.8) is 0 Å². The molecule has 0 spiro atoms. The van der Waals surface area contributed by atoms with E-state index in [9.17, 15) is 5.11 Å². The Balaban J connectivity index is 1.46. The Labute approximate surface area is 140 Å². The van der Waals surface area contributed by atoms with Gasteiger partial charge in [-0.2, -0.15) is 0 Å². The Morgan fingerprint density at radius 2 is 1.61 bits per heavy atom. The van der Waals surface area contributed by atoms with Gasteiger partial charge in [0.15, 0.2) is 0 Å². The molecule has 4 rings (SSSR count). The normalized spacial score (nSPS) is 17.1. The van der Waals surface area contributed by atoms with E-state index in [0.717, 1.165) is 12.1 Å². The van der Waals surface area contributed by atoms with Crippen LogP contribution < -0.4 is 0 Å². The maximum Gasteiger partial charge on any atom is 0.115 e. The van der Waals surface area contributed by atoms with E-state index < -0.39 is 5.60 Å². The van der Waals surface area contributed by atoms with Gasteiger partial charge in [-0.15, -0.1) is 0 Å². The van der Waals surface area contributed by atoms with Crippen LogP contribution in [-0.4, -0.2) is 23.1 Å². The monoisotopic (exact) mass is 323 g/mol. The number of benzene rings is 3. The minimum Gasteiger partial charge on any atom is -0.382 e. The molecule has 0 aromatic heterocycles. The average Bonchev–Trinajstić information content (AvgIpc) is 2.54. The standard InChI is InChI=1S/C20H18ClNO/c21-19-9-7-18(8-10-19)20(23)13-22(14-20)12-15-5-6-16-3-1-2-4-17(16)11-15/h1-11,23H,12-14H2. The molecular weight excluding hydrogens is 306 g/mol. The lowest BCUT2D eigenvalue weighted by Gasteiger charge is -2.47. The molecule has 0 aliphatic carbocycles. The van der Waals surface area contributed by atoms with E-state index in [0.29, 0.717) is 18.1 Å². The Hall–Kier alpha value is -1.87. The van der Waals surface area contributed by atoms with Gasteiger partial charge in [0.05, 0.1) is 0 Å². The first-order valence-electron chi connectivity index (χ1n) is 7.81. The highest BCUT2D eigenvalue weighted by molar-refractivity contribution is 6.30. The van der Waals surface area contributed by atoms with Gasteiger partial charge < -0.3 is 5.11 Å². The van der Waals surface area contributed by atoms with Crippen molar-refractivity contribution in [1.29, 1.82) is 0 Å². The summed E-state index contributed by atoms with van der Waals surface area (Å²) in [5.74, 6) is 0. The predicted octanol–water partition coefficient (Wildman–Crippen LogP) is 4.20. The molecule has 0 amide bonds.